The molecule has 0 radical (unpaired) electrons. The molecule has 1 fully saturated rings. The summed E-state index contributed by atoms with van der Waals surface area (Å²) in [7, 11) is -1.49. The van der Waals surface area contributed by atoms with Gasteiger partial charge in [-0.1, -0.05) is 37.1 Å². The molecule has 0 bridgehead atoms. The average molecular weight is 409 g/mol. The first-order valence-corrected chi connectivity index (χ1v) is 12.4. The Bertz CT molecular complexity index is 699. The lowest BCUT2D eigenvalue weighted by atomic mass is 9.80. The molecule has 1 saturated carbocycles. The molecule has 0 atom stereocenters. The molecule has 0 unspecified atom stereocenters. The molecule has 0 aliphatic heterocycles. The number of methoxy groups -OCH3 is 1. The van der Waals surface area contributed by atoms with Crippen molar-refractivity contribution in [3.8, 4) is 0 Å². The number of rotatable bonds is 10. The Kier molecular flexibility index (Phi) is 9.00. The van der Waals surface area contributed by atoms with Gasteiger partial charge in [-0.2, -0.15) is 0 Å². The molecule has 0 saturated heterocycles. The van der Waals surface area contributed by atoms with Crippen molar-refractivity contribution in [1.29, 1.82) is 0 Å². The molecule has 1 aliphatic rings. The highest BCUT2D eigenvalue weighted by molar-refractivity contribution is 7.91. The van der Waals surface area contributed by atoms with Crippen molar-refractivity contribution in [2.75, 3.05) is 12.9 Å². The number of benzene rings is 1. The highest BCUT2D eigenvalue weighted by Gasteiger charge is 2.27. The van der Waals surface area contributed by atoms with Gasteiger partial charge in [-0.15, -0.1) is 0 Å². The minimum atomic E-state index is -2.91. The van der Waals surface area contributed by atoms with Crippen LogP contribution < -0.4 is 0 Å². The molecule has 4 nitrogen and oxygen atoms in total. The van der Waals surface area contributed by atoms with Crippen LogP contribution in [0.15, 0.2) is 24.3 Å². The molecular formula is C23H36O4S. The van der Waals surface area contributed by atoms with E-state index in [1.165, 1.54) is 24.7 Å². The van der Waals surface area contributed by atoms with E-state index in [0.29, 0.717) is 18.1 Å². The van der Waals surface area contributed by atoms with Crippen molar-refractivity contribution in [2.24, 2.45) is 11.8 Å². The van der Waals surface area contributed by atoms with Gasteiger partial charge in [0.2, 0.25) is 0 Å². The second-order valence-electron chi connectivity index (χ2n) is 8.55. The molecule has 0 spiro atoms. The van der Waals surface area contributed by atoms with Gasteiger partial charge in [-0.05, 0) is 75.3 Å². The van der Waals surface area contributed by atoms with E-state index in [1.807, 2.05) is 0 Å². The predicted octanol–water partition coefficient (Wildman–Crippen LogP) is 4.74. The summed E-state index contributed by atoms with van der Waals surface area (Å²) in [6.07, 6.45) is 8.88. The fraction of sp³-hybridized carbons (Fsp3) is 0.696. The van der Waals surface area contributed by atoms with E-state index in [2.05, 4.69) is 29.0 Å². The first kappa shape index (κ1) is 22.9. The Hall–Kier alpha value is -1.36. The fourth-order valence-electron chi connectivity index (χ4n) is 3.99. The van der Waals surface area contributed by atoms with Crippen molar-refractivity contribution in [3.63, 3.8) is 0 Å². The maximum atomic E-state index is 12.1. The van der Waals surface area contributed by atoms with Crippen molar-refractivity contribution in [2.45, 2.75) is 76.9 Å². The number of esters is 1. The summed E-state index contributed by atoms with van der Waals surface area (Å²) in [4.78, 5) is 11.2. The van der Waals surface area contributed by atoms with Gasteiger partial charge in [-0.3, -0.25) is 4.79 Å². The third-order valence-corrected chi connectivity index (χ3v) is 8.46. The Morgan fingerprint density at radius 3 is 2.07 bits per heavy atom. The normalized spacial score (nSPS) is 20.3. The molecule has 1 aliphatic carbocycles. The number of ether oxygens (including phenoxy) is 1. The maximum Gasteiger partial charge on any atom is 0.305 e. The van der Waals surface area contributed by atoms with Crippen LogP contribution in [0.2, 0.25) is 0 Å². The van der Waals surface area contributed by atoms with Crippen molar-refractivity contribution in [1.82, 2.24) is 0 Å². The first-order chi connectivity index (χ1) is 13.3. The lowest BCUT2D eigenvalue weighted by Gasteiger charge is -2.28. The van der Waals surface area contributed by atoms with Crippen LogP contribution in [0.4, 0.5) is 0 Å². The highest BCUT2D eigenvalue weighted by Crippen LogP contribution is 2.33. The molecule has 1 aromatic carbocycles. The van der Waals surface area contributed by atoms with Gasteiger partial charge < -0.3 is 4.74 Å². The summed E-state index contributed by atoms with van der Waals surface area (Å²) in [5.74, 6) is 1.30. The Morgan fingerprint density at radius 1 is 1.00 bits per heavy atom. The second-order valence-corrected chi connectivity index (χ2v) is 11.2. The van der Waals surface area contributed by atoms with Gasteiger partial charge in [0.1, 0.15) is 0 Å². The number of carbonyl (C=O) groups is 1. The lowest BCUT2D eigenvalue weighted by Crippen LogP contribution is -2.26. The Morgan fingerprint density at radius 2 is 1.54 bits per heavy atom. The molecule has 1 aromatic rings. The van der Waals surface area contributed by atoms with Crippen LogP contribution >= 0.6 is 0 Å². The monoisotopic (exact) mass is 408 g/mol. The molecule has 0 aromatic heterocycles. The summed E-state index contributed by atoms with van der Waals surface area (Å²) in [5.41, 5.74) is 2.63. The zero-order valence-electron chi connectivity index (χ0n) is 17.7. The van der Waals surface area contributed by atoms with Crippen LogP contribution in [0.3, 0.4) is 0 Å². The van der Waals surface area contributed by atoms with Crippen LogP contribution in [0.5, 0.6) is 0 Å². The van der Waals surface area contributed by atoms with Crippen LogP contribution in [-0.2, 0) is 32.2 Å². The first-order valence-electron chi connectivity index (χ1n) is 10.7. The summed E-state index contributed by atoms with van der Waals surface area (Å²) in [6.45, 7) is 3.57. The molecule has 28 heavy (non-hydrogen) atoms. The van der Waals surface area contributed by atoms with E-state index in [9.17, 15) is 13.2 Å². The van der Waals surface area contributed by atoms with Crippen LogP contribution in [0, 0.1) is 11.8 Å². The van der Waals surface area contributed by atoms with Crippen LogP contribution in [-0.4, -0.2) is 32.5 Å². The smallest absolute Gasteiger partial charge is 0.305 e. The van der Waals surface area contributed by atoms with Gasteiger partial charge in [-0.25, -0.2) is 8.42 Å². The standard InChI is InChI=1S/C23H36O4S/c1-18(2)28(25,26)17-22-15-13-21(14-16-22)12-11-20-9-7-19(8-10-20)5-4-6-23(24)27-3/h7-10,18,21-22H,4-6,11-17H2,1-3H3. The Balaban J connectivity index is 1.69. The summed E-state index contributed by atoms with van der Waals surface area (Å²) in [5, 5.41) is -0.256. The summed E-state index contributed by atoms with van der Waals surface area (Å²) in [6, 6.07) is 8.74. The number of carbonyl (C=O) groups excluding carboxylic acids is 1. The predicted molar refractivity (Wildman–Crippen MR) is 114 cm³/mol. The van der Waals surface area contributed by atoms with Gasteiger partial charge in [0.25, 0.3) is 0 Å². The van der Waals surface area contributed by atoms with E-state index in [1.54, 1.807) is 13.8 Å². The van der Waals surface area contributed by atoms with Gasteiger partial charge in [0.05, 0.1) is 18.1 Å². The largest absolute Gasteiger partial charge is 0.469 e. The van der Waals surface area contributed by atoms with Crippen molar-refractivity contribution in [3.05, 3.63) is 35.4 Å². The number of aryl methyl sites for hydroxylation is 2. The number of hydrogen-bond acceptors (Lipinski definition) is 4. The van der Waals surface area contributed by atoms with E-state index in [0.717, 1.165) is 50.9 Å². The number of sulfone groups is 1. The zero-order valence-corrected chi connectivity index (χ0v) is 18.5. The maximum absolute atomic E-state index is 12.1. The highest BCUT2D eigenvalue weighted by atomic mass is 32.2. The van der Waals surface area contributed by atoms with Crippen molar-refractivity contribution < 1.29 is 17.9 Å². The van der Waals surface area contributed by atoms with Gasteiger partial charge in [0.15, 0.2) is 9.84 Å². The van der Waals surface area contributed by atoms with E-state index >= 15 is 0 Å². The van der Waals surface area contributed by atoms with E-state index < -0.39 is 9.84 Å². The molecule has 5 heteroatoms. The van der Waals surface area contributed by atoms with Crippen LogP contribution in [0.25, 0.3) is 0 Å². The van der Waals surface area contributed by atoms with Crippen molar-refractivity contribution >= 4 is 15.8 Å². The minimum absolute atomic E-state index is 0.145. The van der Waals surface area contributed by atoms with E-state index in [-0.39, 0.29) is 11.2 Å². The second kappa shape index (κ2) is 11.0. The minimum Gasteiger partial charge on any atom is -0.469 e. The summed E-state index contributed by atoms with van der Waals surface area (Å²) < 4.78 is 28.9. The lowest BCUT2D eigenvalue weighted by molar-refractivity contribution is -0.140. The topological polar surface area (TPSA) is 60.4 Å². The van der Waals surface area contributed by atoms with Crippen LogP contribution in [0.1, 0.15) is 69.9 Å². The van der Waals surface area contributed by atoms with Gasteiger partial charge >= 0.3 is 5.97 Å². The Labute approximate surface area is 171 Å². The molecule has 0 amide bonds. The fourth-order valence-corrected chi connectivity index (χ4v) is 5.37. The molecule has 158 valence electrons. The average Bonchev–Trinajstić information content (AvgIpc) is 2.68. The molecule has 0 heterocycles. The van der Waals surface area contributed by atoms with Gasteiger partial charge in [0, 0.05) is 6.42 Å². The molecule has 2 rings (SSSR count). The third kappa shape index (κ3) is 7.57. The molecular weight excluding hydrogens is 372 g/mol. The molecule has 0 N–H and O–H groups in total. The number of hydrogen-bond donors (Lipinski definition) is 0. The summed E-state index contributed by atoms with van der Waals surface area (Å²) >= 11 is 0. The van der Waals surface area contributed by atoms with E-state index in [4.69, 9.17) is 0 Å². The third-order valence-electron chi connectivity index (χ3n) is 6.09. The SMILES string of the molecule is COC(=O)CCCc1ccc(CCC2CCC(CS(=O)(=O)C(C)C)CC2)cc1. The zero-order chi connectivity index (χ0) is 20.6. The quantitative estimate of drug-likeness (QED) is 0.525.